The first-order valence-electron chi connectivity index (χ1n) is 12.4. The molecule has 1 atom stereocenters. The molecule has 4 heterocycles. The van der Waals surface area contributed by atoms with Crippen molar-refractivity contribution < 1.29 is 19.1 Å². The third-order valence-corrected chi connectivity index (χ3v) is 7.49. The zero-order valence-electron chi connectivity index (χ0n) is 20.7. The van der Waals surface area contributed by atoms with Crippen LogP contribution in [0.3, 0.4) is 0 Å². The van der Waals surface area contributed by atoms with E-state index < -0.39 is 0 Å². The van der Waals surface area contributed by atoms with Crippen molar-refractivity contribution >= 4 is 35.3 Å². The van der Waals surface area contributed by atoms with Crippen LogP contribution in [-0.2, 0) is 24.8 Å². The van der Waals surface area contributed by atoms with Gasteiger partial charge in [0.2, 0.25) is 0 Å². The minimum absolute atomic E-state index is 0. The molecule has 2 N–H and O–H groups in total. The number of piperidine rings is 1. The van der Waals surface area contributed by atoms with Gasteiger partial charge in [-0.05, 0) is 55.4 Å². The summed E-state index contributed by atoms with van der Waals surface area (Å²) in [6.45, 7) is 2.44. The molecule has 2 aliphatic heterocycles. The highest BCUT2D eigenvalue weighted by molar-refractivity contribution is 6.00. The molecule has 36 heavy (non-hydrogen) atoms. The van der Waals surface area contributed by atoms with E-state index in [1.54, 1.807) is 13.2 Å². The van der Waals surface area contributed by atoms with Crippen molar-refractivity contribution in [2.45, 2.75) is 44.7 Å². The van der Waals surface area contributed by atoms with Gasteiger partial charge in [0.05, 0.1) is 24.9 Å². The van der Waals surface area contributed by atoms with Crippen LogP contribution in [0.4, 0.5) is 0 Å². The van der Waals surface area contributed by atoms with E-state index in [9.17, 15) is 9.59 Å². The van der Waals surface area contributed by atoms with Crippen molar-refractivity contribution in [1.82, 2.24) is 19.0 Å². The Labute approximate surface area is 215 Å². The van der Waals surface area contributed by atoms with Crippen LogP contribution in [0.15, 0.2) is 18.2 Å². The number of esters is 1. The van der Waals surface area contributed by atoms with Gasteiger partial charge in [-0.1, -0.05) is 0 Å². The number of aromatic nitrogens is 3. The van der Waals surface area contributed by atoms with E-state index in [0.29, 0.717) is 54.6 Å². The molecular weight excluding hydrogens is 482 g/mol. The number of hydrogen-bond acceptors (Lipinski definition) is 6. The third-order valence-electron chi connectivity index (χ3n) is 7.49. The number of ether oxygens (including phenoxy) is 2. The average molecular weight is 514 g/mol. The zero-order chi connectivity index (χ0) is 24.3. The van der Waals surface area contributed by atoms with Crippen LogP contribution in [0.5, 0.6) is 5.75 Å². The number of amides is 1. The lowest BCUT2D eigenvalue weighted by Gasteiger charge is -2.30. The number of cyclic esters (lactones) is 1. The van der Waals surface area contributed by atoms with Crippen LogP contribution in [0.2, 0.25) is 0 Å². The van der Waals surface area contributed by atoms with Gasteiger partial charge in [0.1, 0.15) is 17.0 Å². The molecule has 2 aromatic heterocycles. The highest BCUT2D eigenvalue weighted by atomic mass is 35.5. The summed E-state index contributed by atoms with van der Waals surface area (Å²) in [5.41, 5.74) is 10.7. The van der Waals surface area contributed by atoms with Crippen molar-refractivity contribution in [2.24, 2.45) is 18.7 Å². The van der Waals surface area contributed by atoms with E-state index in [-0.39, 0.29) is 30.3 Å². The maximum Gasteiger partial charge on any atom is 0.355 e. The number of fused-ring (bicyclic) bond motifs is 2. The lowest BCUT2D eigenvalue weighted by molar-refractivity contribution is 0.0466. The fourth-order valence-electron chi connectivity index (χ4n) is 5.49. The first-order valence-corrected chi connectivity index (χ1v) is 12.4. The van der Waals surface area contributed by atoms with E-state index in [2.05, 4.69) is 10.6 Å². The molecule has 1 aromatic carbocycles. The standard InChI is InChI=1S/C26H31N5O4.ClH/c1-29-23-19(10-17(12-21(23)34-2)25(32)30-8-3-4-18(27)14-30)28-24(29)20-11-16-7-9-35-26(33)22(16)31(20)13-15-5-6-15;/h10-12,15,18H,3-9,13-14,27H2,1-2H3;1H/t18-;/m1./s1. The van der Waals surface area contributed by atoms with Crippen LogP contribution < -0.4 is 10.5 Å². The molecule has 6 rings (SSSR count). The van der Waals surface area contributed by atoms with Crippen molar-refractivity contribution in [3.05, 3.63) is 35.0 Å². The lowest BCUT2D eigenvalue weighted by atomic mass is 10.0. The number of methoxy groups -OCH3 is 1. The quantitative estimate of drug-likeness (QED) is 0.525. The topological polar surface area (TPSA) is 105 Å². The fraction of sp³-hybridized carbons (Fsp3) is 0.500. The van der Waals surface area contributed by atoms with Crippen LogP contribution in [0, 0.1) is 5.92 Å². The van der Waals surface area contributed by atoms with Gasteiger partial charge >= 0.3 is 5.97 Å². The molecule has 1 saturated carbocycles. The summed E-state index contributed by atoms with van der Waals surface area (Å²) < 4.78 is 15.2. The molecule has 0 spiro atoms. The summed E-state index contributed by atoms with van der Waals surface area (Å²) in [5.74, 6) is 1.60. The second-order valence-electron chi connectivity index (χ2n) is 10.0. The molecule has 3 aliphatic rings. The van der Waals surface area contributed by atoms with Gasteiger partial charge in [0.15, 0.2) is 5.82 Å². The molecule has 2 fully saturated rings. The van der Waals surface area contributed by atoms with Crippen LogP contribution >= 0.6 is 12.4 Å². The SMILES string of the molecule is COc1cc(C(=O)N2CCC[C@@H](N)C2)cc2nc(-c3cc4c(n3CC3CC3)C(=O)OCC4)n(C)c12.Cl. The van der Waals surface area contributed by atoms with Gasteiger partial charge in [-0.15, -0.1) is 12.4 Å². The first kappa shape index (κ1) is 24.6. The summed E-state index contributed by atoms with van der Waals surface area (Å²) in [7, 11) is 3.56. The molecule has 192 valence electrons. The fourth-order valence-corrected chi connectivity index (χ4v) is 5.49. The summed E-state index contributed by atoms with van der Waals surface area (Å²) in [6.07, 6.45) is 4.89. The maximum atomic E-state index is 13.3. The van der Waals surface area contributed by atoms with Gasteiger partial charge in [0, 0.05) is 44.7 Å². The van der Waals surface area contributed by atoms with Gasteiger partial charge in [-0.3, -0.25) is 4.79 Å². The largest absolute Gasteiger partial charge is 0.494 e. The summed E-state index contributed by atoms with van der Waals surface area (Å²) in [4.78, 5) is 32.7. The number of rotatable bonds is 5. The molecule has 3 aromatic rings. The Morgan fingerprint density at radius 3 is 2.78 bits per heavy atom. The molecule has 0 unspecified atom stereocenters. The average Bonchev–Trinajstić information content (AvgIpc) is 3.51. The Morgan fingerprint density at radius 1 is 1.25 bits per heavy atom. The molecule has 1 aliphatic carbocycles. The number of nitrogens with two attached hydrogens (primary N) is 1. The second kappa shape index (κ2) is 9.44. The van der Waals surface area contributed by atoms with Crippen molar-refractivity contribution in [3.63, 3.8) is 0 Å². The van der Waals surface area contributed by atoms with E-state index in [0.717, 1.165) is 42.0 Å². The number of benzene rings is 1. The van der Waals surface area contributed by atoms with Crippen LogP contribution in [-0.4, -0.2) is 63.7 Å². The number of likely N-dealkylation sites (tertiary alicyclic amines) is 1. The number of aryl methyl sites for hydroxylation is 1. The van der Waals surface area contributed by atoms with Gasteiger partial charge in [-0.25, -0.2) is 9.78 Å². The van der Waals surface area contributed by atoms with Crippen molar-refractivity contribution in [3.8, 4) is 17.3 Å². The number of carbonyl (C=O) groups is 2. The molecule has 0 radical (unpaired) electrons. The van der Waals surface area contributed by atoms with Crippen LogP contribution in [0.1, 0.15) is 52.1 Å². The lowest BCUT2D eigenvalue weighted by Crippen LogP contribution is -2.45. The van der Waals surface area contributed by atoms with E-state index in [1.165, 1.54) is 12.8 Å². The second-order valence-corrected chi connectivity index (χ2v) is 10.0. The zero-order valence-corrected chi connectivity index (χ0v) is 21.5. The molecule has 9 nitrogen and oxygen atoms in total. The Kier molecular flexibility index (Phi) is 6.46. The Morgan fingerprint density at radius 2 is 2.06 bits per heavy atom. The van der Waals surface area contributed by atoms with E-state index in [4.69, 9.17) is 20.2 Å². The smallest absolute Gasteiger partial charge is 0.355 e. The number of hydrogen-bond donors (Lipinski definition) is 1. The Hall–Kier alpha value is -3.04. The number of nitrogens with zero attached hydrogens (tertiary/aromatic N) is 4. The monoisotopic (exact) mass is 513 g/mol. The molecule has 0 bridgehead atoms. The number of carbonyl (C=O) groups excluding carboxylic acids is 2. The highest BCUT2D eigenvalue weighted by Gasteiger charge is 2.32. The molecule has 1 amide bonds. The third kappa shape index (κ3) is 4.14. The van der Waals surface area contributed by atoms with Crippen molar-refractivity contribution in [2.75, 3.05) is 26.8 Å². The molecular formula is C26H32ClN5O4. The van der Waals surface area contributed by atoms with Crippen LogP contribution in [0.25, 0.3) is 22.6 Å². The van der Waals surface area contributed by atoms with Crippen molar-refractivity contribution in [1.29, 1.82) is 0 Å². The Bertz CT molecular complexity index is 1340. The minimum Gasteiger partial charge on any atom is -0.494 e. The molecule has 10 heteroatoms. The summed E-state index contributed by atoms with van der Waals surface area (Å²) >= 11 is 0. The predicted octanol–water partition coefficient (Wildman–Crippen LogP) is 3.16. The summed E-state index contributed by atoms with van der Waals surface area (Å²) in [5, 5.41) is 0. The van der Waals surface area contributed by atoms with Gasteiger partial charge in [0.25, 0.3) is 5.91 Å². The number of halogens is 1. The van der Waals surface area contributed by atoms with E-state index in [1.807, 2.05) is 22.6 Å². The molecule has 1 saturated heterocycles. The van der Waals surface area contributed by atoms with E-state index >= 15 is 0 Å². The highest BCUT2D eigenvalue weighted by Crippen LogP contribution is 2.38. The normalized spacial score (nSPS) is 19.6. The minimum atomic E-state index is -0.262. The van der Waals surface area contributed by atoms with Gasteiger partial charge in [-0.2, -0.15) is 0 Å². The van der Waals surface area contributed by atoms with Gasteiger partial charge < -0.3 is 29.2 Å². The first-order chi connectivity index (χ1) is 16.9. The maximum absolute atomic E-state index is 13.3. The summed E-state index contributed by atoms with van der Waals surface area (Å²) in [6, 6.07) is 5.72. The Balaban J connectivity index is 0.00000267. The predicted molar refractivity (Wildman–Crippen MR) is 138 cm³/mol. The number of imidazole rings is 1.